The first-order valence-electron chi connectivity index (χ1n) is 6.23. The van der Waals surface area contributed by atoms with Crippen molar-refractivity contribution in [3.8, 4) is 0 Å². The standard InChI is InChI=1S/C15H9F6NO/c16-14(17,18)10-4-6-12(7-5-10)22-13(23)9-2-1-3-11(8-9)15(19,20)21/h1-8H,(H,22,23). The Kier molecular flexibility index (Phi) is 4.35. The van der Waals surface area contributed by atoms with Crippen LogP contribution in [0.5, 0.6) is 0 Å². The molecular weight excluding hydrogens is 324 g/mol. The van der Waals surface area contributed by atoms with Crippen LogP contribution in [0.1, 0.15) is 21.5 Å². The van der Waals surface area contributed by atoms with Gasteiger partial charge in [-0.15, -0.1) is 0 Å². The number of amides is 1. The number of hydrogen-bond acceptors (Lipinski definition) is 1. The van der Waals surface area contributed by atoms with Crippen molar-refractivity contribution in [2.45, 2.75) is 12.4 Å². The van der Waals surface area contributed by atoms with Crippen molar-refractivity contribution >= 4 is 11.6 Å². The van der Waals surface area contributed by atoms with Crippen LogP contribution in [0, 0.1) is 0 Å². The highest BCUT2D eigenvalue weighted by atomic mass is 19.4. The summed E-state index contributed by atoms with van der Waals surface area (Å²) in [6, 6.07) is 7.31. The van der Waals surface area contributed by atoms with Crippen molar-refractivity contribution < 1.29 is 31.1 Å². The summed E-state index contributed by atoms with van der Waals surface area (Å²) in [5.74, 6) is -0.851. The maximum atomic E-state index is 12.6. The van der Waals surface area contributed by atoms with E-state index in [9.17, 15) is 31.1 Å². The molecule has 1 N–H and O–H groups in total. The third-order valence-electron chi connectivity index (χ3n) is 2.92. The topological polar surface area (TPSA) is 29.1 Å². The van der Waals surface area contributed by atoms with E-state index >= 15 is 0 Å². The Morgan fingerprint density at radius 1 is 0.783 bits per heavy atom. The van der Waals surface area contributed by atoms with Gasteiger partial charge in [0.25, 0.3) is 5.91 Å². The van der Waals surface area contributed by atoms with Crippen LogP contribution in [-0.2, 0) is 12.4 Å². The van der Waals surface area contributed by atoms with E-state index in [2.05, 4.69) is 5.32 Å². The monoisotopic (exact) mass is 333 g/mol. The highest BCUT2D eigenvalue weighted by Gasteiger charge is 2.31. The van der Waals surface area contributed by atoms with Crippen LogP contribution >= 0.6 is 0 Å². The molecule has 0 atom stereocenters. The van der Waals surface area contributed by atoms with Gasteiger partial charge in [0, 0.05) is 11.3 Å². The summed E-state index contributed by atoms with van der Waals surface area (Å²) in [6.07, 6.45) is -9.10. The quantitative estimate of drug-likeness (QED) is 0.772. The van der Waals surface area contributed by atoms with E-state index in [1.54, 1.807) is 0 Å². The number of halogens is 6. The number of hydrogen-bond donors (Lipinski definition) is 1. The van der Waals surface area contributed by atoms with Gasteiger partial charge in [0.1, 0.15) is 0 Å². The SMILES string of the molecule is O=C(Nc1ccc(C(F)(F)F)cc1)c1cccc(C(F)(F)F)c1. The number of benzene rings is 2. The molecule has 2 rings (SSSR count). The summed E-state index contributed by atoms with van der Waals surface area (Å²) in [7, 11) is 0. The van der Waals surface area contributed by atoms with E-state index < -0.39 is 29.4 Å². The van der Waals surface area contributed by atoms with Crippen molar-refractivity contribution in [1.29, 1.82) is 0 Å². The first-order valence-corrected chi connectivity index (χ1v) is 6.23. The largest absolute Gasteiger partial charge is 0.416 e. The maximum Gasteiger partial charge on any atom is 0.416 e. The lowest BCUT2D eigenvalue weighted by Gasteiger charge is -2.10. The van der Waals surface area contributed by atoms with Gasteiger partial charge < -0.3 is 5.32 Å². The second-order valence-electron chi connectivity index (χ2n) is 4.61. The van der Waals surface area contributed by atoms with E-state index in [-0.39, 0.29) is 11.3 Å². The van der Waals surface area contributed by atoms with Crippen LogP contribution < -0.4 is 5.32 Å². The fourth-order valence-electron chi connectivity index (χ4n) is 1.78. The second kappa shape index (κ2) is 5.94. The van der Waals surface area contributed by atoms with Crippen LogP contribution in [0.25, 0.3) is 0 Å². The number of carbonyl (C=O) groups excluding carboxylic acids is 1. The van der Waals surface area contributed by atoms with Crippen LogP contribution in [0.15, 0.2) is 48.5 Å². The number of alkyl halides is 6. The van der Waals surface area contributed by atoms with E-state index in [0.29, 0.717) is 6.07 Å². The molecular formula is C15H9F6NO. The Labute approximate surface area is 126 Å². The van der Waals surface area contributed by atoms with Gasteiger partial charge >= 0.3 is 12.4 Å². The van der Waals surface area contributed by atoms with Gasteiger partial charge in [-0.05, 0) is 42.5 Å². The van der Waals surface area contributed by atoms with E-state index in [1.165, 1.54) is 6.07 Å². The highest BCUT2D eigenvalue weighted by Crippen LogP contribution is 2.31. The molecule has 0 aliphatic heterocycles. The first-order chi connectivity index (χ1) is 10.6. The lowest BCUT2D eigenvalue weighted by atomic mass is 10.1. The van der Waals surface area contributed by atoms with E-state index in [1.807, 2.05) is 0 Å². The zero-order valence-electron chi connectivity index (χ0n) is 11.3. The molecule has 1 amide bonds. The van der Waals surface area contributed by atoms with Crippen molar-refractivity contribution in [1.82, 2.24) is 0 Å². The molecule has 23 heavy (non-hydrogen) atoms. The molecule has 0 aliphatic carbocycles. The zero-order chi connectivity index (χ0) is 17.3. The van der Waals surface area contributed by atoms with Gasteiger partial charge in [-0.3, -0.25) is 4.79 Å². The minimum absolute atomic E-state index is 0.0420. The average molecular weight is 333 g/mol. The van der Waals surface area contributed by atoms with E-state index in [0.717, 1.165) is 36.4 Å². The molecule has 8 heteroatoms. The zero-order valence-corrected chi connectivity index (χ0v) is 11.3. The first kappa shape index (κ1) is 16.9. The predicted octanol–water partition coefficient (Wildman–Crippen LogP) is 4.98. The summed E-state index contributed by atoms with van der Waals surface area (Å²) >= 11 is 0. The molecule has 0 unspecified atom stereocenters. The number of rotatable bonds is 2. The van der Waals surface area contributed by atoms with Crippen LogP contribution in [-0.4, -0.2) is 5.91 Å². The van der Waals surface area contributed by atoms with Gasteiger partial charge in [0.15, 0.2) is 0 Å². The summed E-state index contributed by atoms with van der Waals surface area (Å²) in [4.78, 5) is 11.9. The molecule has 0 saturated heterocycles. The smallest absolute Gasteiger partial charge is 0.322 e. The van der Waals surface area contributed by atoms with Crippen molar-refractivity contribution in [2.24, 2.45) is 0 Å². The van der Waals surface area contributed by atoms with E-state index in [4.69, 9.17) is 0 Å². The highest BCUT2D eigenvalue weighted by molar-refractivity contribution is 6.04. The van der Waals surface area contributed by atoms with Crippen molar-refractivity contribution in [3.05, 3.63) is 65.2 Å². The Balaban J connectivity index is 2.16. The molecule has 0 radical (unpaired) electrons. The lowest BCUT2D eigenvalue weighted by Crippen LogP contribution is -2.14. The van der Waals surface area contributed by atoms with Gasteiger partial charge in [0.05, 0.1) is 11.1 Å². The Morgan fingerprint density at radius 2 is 1.35 bits per heavy atom. The normalized spacial score (nSPS) is 12.1. The molecule has 0 spiro atoms. The lowest BCUT2D eigenvalue weighted by molar-refractivity contribution is -0.138. The molecule has 122 valence electrons. The van der Waals surface area contributed by atoms with Crippen LogP contribution in [0.3, 0.4) is 0 Å². The third-order valence-corrected chi connectivity index (χ3v) is 2.92. The summed E-state index contributed by atoms with van der Waals surface area (Å²) in [6.45, 7) is 0. The molecule has 2 aromatic carbocycles. The Morgan fingerprint density at radius 3 is 1.87 bits per heavy atom. The van der Waals surface area contributed by atoms with Crippen LogP contribution in [0.2, 0.25) is 0 Å². The van der Waals surface area contributed by atoms with Crippen molar-refractivity contribution in [2.75, 3.05) is 5.32 Å². The summed E-state index contributed by atoms with van der Waals surface area (Å²) in [5.41, 5.74) is -2.09. The number of carbonyl (C=O) groups is 1. The number of nitrogens with one attached hydrogen (secondary N) is 1. The molecule has 0 bridgehead atoms. The Hall–Kier alpha value is -2.51. The molecule has 0 fully saturated rings. The fourth-order valence-corrected chi connectivity index (χ4v) is 1.78. The van der Waals surface area contributed by atoms with Crippen LogP contribution in [0.4, 0.5) is 32.0 Å². The molecule has 0 heterocycles. The second-order valence-corrected chi connectivity index (χ2v) is 4.61. The van der Waals surface area contributed by atoms with Gasteiger partial charge in [0.2, 0.25) is 0 Å². The minimum atomic E-state index is -4.59. The summed E-state index contributed by atoms with van der Waals surface area (Å²) in [5, 5.41) is 2.24. The Bertz CT molecular complexity index is 703. The average Bonchev–Trinajstić information content (AvgIpc) is 2.46. The molecule has 0 aromatic heterocycles. The van der Waals surface area contributed by atoms with Crippen molar-refractivity contribution in [3.63, 3.8) is 0 Å². The number of anilines is 1. The van der Waals surface area contributed by atoms with Gasteiger partial charge in [-0.1, -0.05) is 6.07 Å². The third kappa shape index (κ3) is 4.24. The van der Waals surface area contributed by atoms with Gasteiger partial charge in [-0.2, -0.15) is 26.3 Å². The predicted molar refractivity (Wildman–Crippen MR) is 70.8 cm³/mol. The van der Waals surface area contributed by atoms with Gasteiger partial charge in [-0.25, -0.2) is 0 Å². The molecule has 0 saturated carbocycles. The fraction of sp³-hybridized carbons (Fsp3) is 0.133. The minimum Gasteiger partial charge on any atom is -0.322 e. The maximum absolute atomic E-state index is 12.6. The molecule has 2 aromatic rings. The molecule has 0 aliphatic rings. The molecule has 2 nitrogen and oxygen atoms in total. The summed E-state index contributed by atoms with van der Waals surface area (Å²) < 4.78 is 75.0.